The Morgan fingerprint density at radius 2 is 1.88 bits per heavy atom. The Morgan fingerprint density at radius 1 is 1.17 bits per heavy atom. The van der Waals surface area contributed by atoms with Gasteiger partial charge in [-0.15, -0.1) is 0 Å². The fourth-order valence-corrected chi connectivity index (χ4v) is 3.51. The molecule has 0 unspecified atom stereocenters. The third kappa shape index (κ3) is 3.08. The number of carbonyl (C=O) groups excluding carboxylic acids is 1. The fraction of sp³-hybridized carbons (Fsp3) is 0.0588. The molecule has 1 heterocycles. The minimum Gasteiger partial charge on any atom is -0.508 e. The van der Waals surface area contributed by atoms with E-state index >= 15 is 0 Å². The third-order valence-electron chi connectivity index (χ3n) is 3.42. The number of methoxy groups -OCH3 is 1. The lowest BCUT2D eigenvalue weighted by atomic mass is 10.1. The molecule has 2 aromatic rings. The number of phenols is 2. The van der Waals surface area contributed by atoms with E-state index in [4.69, 9.17) is 17.0 Å². The number of benzene rings is 2. The number of thiocarbonyl (C=S) groups is 1. The van der Waals surface area contributed by atoms with Gasteiger partial charge in [-0.2, -0.15) is 0 Å². The average Bonchev–Trinajstić information content (AvgIpc) is 2.84. The summed E-state index contributed by atoms with van der Waals surface area (Å²) in [5.41, 5.74) is 1.08. The molecule has 0 aromatic heterocycles. The molecule has 24 heavy (non-hydrogen) atoms. The van der Waals surface area contributed by atoms with E-state index in [9.17, 15) is 15.0 Å². The van der Waals surface area contributed by atoms with Gasteiger partial charge in [-0.1, -0.05) is 24.0 Å². The van der Waals surface area contributed by atoms with E-state index in [2.05, 4.69) is 0 Å². The number of carbonyl (C=O) groups is 1. The van der Waals surface area contributed by atoms with Gasteiger partial charge >= 0.3 is 0 Å². The predicted molar refractivity (Wildman–Crippen MR) is 98.4 cm³/mol. The Bertz CT molecular complexity index is 846. The van der Waals surface area contributed by atoms with Crippen molar-refractivity contribution in [3.8, 4) is 17.2 Å². The zero-order valence-electron chi connectivity index (χ0n) is 12.6. The van der Waals surface area contributed by atoms with Crippen molar-refractivity contribution < 1.29 is 19.7 Å². The van der Waals surface area contributed by atoms with Gasteiger partial charge in [0.2, 0.25) is 0 Å². The van der Waals surface area contributed by atoms with E-state index in [1.165, 1.54) is 23.1 Å². The quantitative estimate of drug-likeness (QED) is 0.646. The summed E-state index contributed by atoms with van der Waals surface area (Å²) in [5.74, 6) is 0.275. The number of phenolic OH excluding ortho intramolecular Hbond substituents is 2. The lowest BCUT2D eigenvalue weighted by Gasteiger charge is -2.14. The van der Waals surface area contributed by atoms with E-state index in [-0.39, 0.29) is 17.4 Å². The first-order valence-corrected chi connectivity index (χ1v) is 8.16. The Morgan fingerprint density at radius 3 is 2.50 bits per heavy atom. The van der Waals surface area contributed by atoms with Crippen LogP contribution in [0, 0.1) is 0 Å². The first-order chi connectivity index (χ1) is 11.5. The van der Waals surface area contributed by atoms with Crippen molar-refractivity contribution in [3.05, 3.63) is 52.9 Å². The number of ether oxygens (including phenoxy) is 1. The molecule has 0 radical (unpaired) electrons. The molecule has 1 amide bonds. The van der Waals surface area contributed by atoms with Gasteiger partial charge in [0.15, 0.2) is 4.32 Å². The molecule has 1 aliphatic rings. The number of thioether (sulfide) groups is 1. The Hall–Kier alpha value is -2.51. The average molecular weight is 359 g/mol. The van der Waals surface area contributed by atoms with Gasteiger partial charge in [0.05, 0.1) is 17.7 Å². The molecule has 0 bridgehead atoms. The van der Waals surface area contributed by atoms with Gasteiger partial charge in [-0.3, -0.25) is 9.69 Å². The molecule has 0 atom stereocenters. The predicted octanol–water partition coefficient (Wildman–Crippen LogP) is 3.51. The molecule has 0 saturated carbocycles. The standard InChI is InChI=1S/C17H13NO4S2/c1-22-13-6-3-11(4-7-13)18-16(21)15(24-17(18)23)8-10-2-5-12(19)9-14(10)20/h2-9,19-20H,1H3. The molecular formula is C17H13NO4S2. The van der Waals surface area contributed by atoms with Crippen molar-refractivity contribution in [2.75, 3.05) is 12.0 Å². The summed E-state index contributed by atoms with van der Waals surface area (Å²) in [6.07, 6.45) is 1.55. The SMILES string of the molecule is COc1ccc(N2C(=O)C(=Cc3ccc(O)cc3O)SC2=S)cc1. The fourth-order valence-electron chi connectivity index (χ4n) is 2.22. The zero-order valence-corrected chi connectivity index (χ0v) is 14.2. The number of aromatic hydroxyl groups is 2. The largest absolute Gasteiger partial charge is 0.508 e. The Balaban J connectivity index is 1.92. The summed E-state index contributed by atoms with van der Waals surface area (Å²) in [6.45, 7) is 0. The molecule has 3 rings (SSSR count). The highest BCUT2D eigenvalue weighted by Gasteiger charge is 2.33. The Labute approximate surface area is 148 Å². The first kappa shape index (κ1) is 16.4. The van der Waals surface area contributed by atoms with E-state index in [0.29, 0.717) is 26.2 Å². The summed E-state index contributed by atoms with van der Waals surface area (Å²) in [4.78, 5) is 14.5. The number of anilines is 1. The number of hydrogen-bond acceptors (Lipinski definition) is 6. The monoisotopic (exact) mass is 359 g/mol. The van der Waals surface area contributed by atoms with Gasteiger partial charge in [0, 0.05) is 11.6 Å². The van der Waals surface area contributed by atoms with Crippen LogP contribution in [0.3, 0.4) is 0 Å². The van der Waals surface area contributed by atoms with Crippen molar-refractivity contribution in [1.82, 2.24) is 0 Å². The van der Waals surface area contributed by atoms with Crippen LogP contribution in [0.2, 0.25) is 0 Å². The summed E-state index contributed by atoms with van der Waals surface area (Å²) in [7, 11) is 1.57. The van der Waals surface area contributed by atoms with Crippen LogP contribution < -0.4 is 9.64 Å². The maximum atomic E-state index is 12.6. The van der Waals surface area contributed by atoms with Crippen molar-refractivity contribution in [3.63, 3.8) is 0 Å². The van der Waals surface area contributed by atoms with Gasteiger partial charge in [0.25, 0.3) is 5.91 Å². The number of nitrogens with zero attached hydrogens (tertiary/aromatic N) is 1. The summed E-state index contributed by atoms with van der Waals surface area (Å²) < 4.78 is 5.52. The highest BCUT2D eigenvalue weighted by molar-refractivity contribution is 8.27. The maximum Gasteiger partial charge on any atom is 0.270 e. The van der Waals surface area contributed by atoms with Crippen LogP contribution in [-0.4, -0.2) is 27.6 Å². The van der Waals surface area contributed by atoms with Crippen LogP contribution >= 0.6 is 24.0 Å². The van der Waals surface area contributed by atoms with Gasteiger partial charge in [0.1, 0.15) is 17.2 Å². The lowest BCUT2D eigenvalue weighted by molar-refractivity contribution is -0.113. The van der Waals surface area contributed by atoms with Crippen molar-refractivity contribution in [1.29, 1.82) is 0 Å². The summed E-state index contributed by atoms with van der Waals surface area (Å²) in [5, 5.41) is 19.2. The number of amides is 1. The number of rotatable bonds is 3. The van der Waals surface area contributed by atoms with Crippen LogP contribution in [-0.2, 0) is 4.79 Å². The van der Waals surface area contributed by atoms with Gasteiger partial charge in [-0.05, 0) is 42.5 Å². The smallest absolute Gasteiger partial charge is 0.270 e. The van der Waals surface area contributed by atoms with Gasteiger partial charge in [-0.25, -0.2) is 0 Å². The molecule has 0 spiro atoms. The topological polar surface area (TPSA) is 70.0 Å². The van der Waals surface area contributed by atoms with Crippen LogP contribution in [0.15, 0.2) is 47.4 Å². The molecular weight excluding hydrogens is 346 g/mol. The minimum absolute atomic E-state index is 0.0459. The van der Waals surface area contributed by atoms with E-state index in [0.717, 1.165) is 11.8 Å². The van der Waals surface area contributed by atoms with E-state index in [1.54, 1.807) is 37.5 Å². The van der Waals surface area contributed by atoms with Gasteiger partial charge < -0.3 is 14.9 Å². The second kappa shape index (κ2) is 6.54. The maximum absolute atomic E-state index is 12.6. The summed E-state index contributed by atoms with van der Waals surface area (Å²) >= 11 is 6.46. The Kier molecular flexibility index (Phi) is 4.46. The molecule has 1 fully saturated rings. The van der Waals surface area contributed by atoms with E-state index in [1.807, 2.05) is 0 Å². The highest BCUT2D eigenvalue weighted by Crippen LogP contribution is 2.37. The lowest BCUT2D eigenvalue weighted by Crippen LogP contribution is -2.27. The molecule has 122 valence electrons. The second-order valence-corrected chi connectivity index (χ2v) is 6.63. The summed E-state index contributed by atoms with van der Waals surface area (Å²) in [6, 6.07) is 11.2. The highest BCUT2D eigenvalue weighted by atomic mass is 32.2. The third-order valence-corrected chi connectivity index (χ3v) is 4.73. The van der Waals surface area contributed by atoms with Crippen LogP contribution in [0.1, 0.15) is 5.56 Å². The van der Waals surface area contributed by atoms with E-state index < -0.39 is 0 Å². The second-order valence-electron chi connectivity index (χ2n) is 4.96. The number of hydrogen-bond donors (Lipinski definition) is 2. The molecule has 7 heteroatoms. The minimum atomic E-state index is -0.261. The molecule has 1 saturated heterocycles. The van der Waals surface area contributed by atoms with Crippen molar-refractivity contribution in [2.45, 2.75) is 0 Å². The molecule has 2 N–H and O–H groups in total. The molecule has 0 aliphatic carbocycles. The zero-order chi connectivity index (χ0) is 17.3. The van der Waals surface area contributed by atoms with Crippen LogP contribution in [0.4, 0.5) is 5.69 Å². The molecule has 1 aliphatic heterocycles. The molecule has 2 aromatic carbocycles. The van der Waals surface area contributed by atoms with Crippen LogP contribution in [0.5, 0.6) is 17.2 Å². The van der Waals surface area contributed by atoms with Crippen molar-refractivity contribution >= 4 is 46.0 Å². The molecule has 5 nitrogen and oxygen atoms in total. The van der Waals surface area contributed by atoms with Crippen molar-refractivity contribution in [2.24, 2.45) is 0 Å². The first-order valence-electron chi connectivity index (χ1n) is 6.93. The van der Waals surface area contributed by atoms with Crippen LogP contribution in [0.25, 0.3) is 6.08 Å². The normalized spacial score (nSPS) is 16.0.